The van der Waals surface area contributed by atoms with E-state index >= 15 is 0 Å². The predicted octanol–water partition coefficient (Wildman–Crippen LogP) is 6.97. The van der Waals surface area contributed by atoms with Crippen LogP contribution in [0.5, 0.6) is 0 Å². The number of hydrogen-bond donors (Lipinski definition) is 0. The van der Waals surface area contributed by atoms with Crippen LogP contribution in [0.1, 0.15) is 0 Å². The van der Waals surface area contributed by atoms with Gasteiger partial charge < -0.3 is 0 Å². The molecule has 0 saturated carbocycles. The van der Waals surface area contributed by atoms with E-state index in [9.17, 15) is 0 Å². The Bertz CT molecular complexity index is 1570. The van der Waals surface area contributed by atoms with Crippen molar-refractivity contribution in [1.82, 2.24) is 14.6 Å². The lowest BCUT2D eigenvalue weighted by molar-refractivity contribution is 1.12. The SMILES string of the molecule is Ic1ccccc1-c1ccccc1-c1nnc2c3ccccc3c3ccccc3n12. The average Bonchev–Trinajstić information content (AvgIpc) is 3.25. The average molecular weight is 497 g/mol. The Labute approximate surface area is 187 Å². The lowest BCUT2D eigenvalue weighted by atomic mass is 9.99. The maximum Gasteiger partial charge on any atom is 0.169 e. The van der Waals surface area contributed by atoms with E-state index in [0.717, 1.165) is 33.5 Å². The van der Waals surface area contributed by atoms with Gasteiger partial charge in [0.2, 0.25) is 0 Å². The molecule has 0 amide bonds. The van der Waals surface area contributed by atoms with Gasteiger partial charge in [-0.2, -0.15) is 0 Å². The lowest BCUT2D eigenvalue weighted by Crippen LogP contribution is -1.96. The van der Waals surface area contributed by atoms with Crippen LogP contribution >= 0.6 is 22.6 Å². The fourth-order valence-electron chi connectivity index (χ4n) is 4.26. The second kappa shape index (κ2) is 6.92. The molecule has 0 spiro atoms. The molecule has 0 aliphatic rings. The molecule has 0 fully saturated rings. The number of nitrogens with zero attached hydrogens (tertiary/aromatic N) is 3. The van der Waals surface area contributed by atoms with Crippen molar-refractivity contribution in [2.75, 3.05) is 0 Å². The minimum atomic E-state index is 0.863. The number of fused-ring (bicyclic) bond motifs is 6. The Hall–Kier alpha value is -3.25. The van der Waals surface area contributed by atoms with Gasteiger partial charge in [-0.05, 0) is 51.2 Å². The van der Waals surface area contributed by atoms with Crippen LogP contribution in [-0.4, -0.2) is 14.6 Å². The van der Waals surface area contributed by atoms with E-state index in [1.165, 1.54) is 19.9 Å². The monoisotopic (exact) mass is 497 g/mol. The number of aromatic nitrogens is 3. The van der Waals surface area contributed by atoms with Crippen LogP contribution < -0.4 is 0 Å². The summed E-state index contributed by atoms with van der Waals surface area (Å²) in [5.41, 5.74) is 5.44. The summed E-state index contributed by atoms with van der Waals surface area (Å²) in [6.45, 7) is 0. The molecule has 0 aliphatic heterocycles. The third-order valence-electron chi connectivity index (χ3n) is 5.60. The zero-order chi connectivity index (χ0) is 20.1. The van der Waals surface area contributed by atoms with Gasteiger partial charge in [0.15, 0.2) is 11.5 Å². The summed E-state index contributed by atoms with van der Waals surface area (Å²) in [6.07, 6.45) is 0. The van der Waals surface area contributed by atoms with E-state index < -0.39 is 0 Å². The van der Waals surface area contributed by atoms with Gasteiger partial charge in [0, 0.05) is 19.9 Å². The first-order valence-corrected chi connectivity index (χ1v) is 10.9. The van der Waals surface area contributed by atoms with E-state index in [0.29, 0.717) is 0 Å². The van der Waals surface area contributed by atoms with E-state index in [4.69, 9.17) is 5.10 Å². The summed E-state index contributed by atoms with van der Waals surface area (Å²) in [7, 11) is 0. The Morgan fingerprint density at radius 1 is 0.533 bits per heavy atom. The van der Waals surface area contributed by atoms with Crippen molar-refractivity contribution in [1.29, 1.82) is 0 Å². The molecule has 0 aliphatic carbocycles. The van der Waals surface area contributed by atoms with Crippen molar-refractivity contribution < 1.29 is 0 Å². The first-order chi connectivity index (χ1) is 14.8. The van der Waals surface area contributed by atoms with Crippen LogP contribution in [0.25, 0.3) is 49.8 Å². The molecule has 0 saturated heterocycles. The Balaban J connectivity index is 1.76. The maximum absolute atomic E-state index is 4.69. The van der Waals surface area contributed by atoms with Gasteiger partial charge in [0.25, 0.3) is 0 Å². The van der Waals surface area contributed by atoms with E-state index in [1.807, 2.05) is 0 Å². The van der Waals surface area contributed by atoms with E-state index in [1.54, 1.807) is 0 Å². The topological polar surface area (TPSA) is 30.2 Å². The van der Waals surface area contributed by atoms with Crippen molar-refractivity contribution in [3.63, 3.8) is 0 Å². The third kappa shape index (κ3) is 2.57. The molecule has 6 aromatic rings. The highest BCUT2D eigenvalue weighted by Gasteiger charge is 2.18. The van der Waals surface area contributed by atoms with Crippen molar-refractivity contribution in [2.45, 2.75) is 0 Å². The smallest absolute Gasteiger partial charge is 0.169 e. The highest BCUT2D eigenvalue weighted by molar-refractivity contribution is 14.1. The van der Waals surface area contributed by atoms with Crippen LogP contribution in [0.15, 0.2) is 97.1 Å². The van der Waals surface area contributed by atoms with Crippen molar-refractivity contribution >= 4 is 49.9 Å². The quantitative estimate of drug-likeness (QED) is 0.191. The van der Waals surface area contributed by atoms with Gasteiger partial charge in [0.1, 0.15) is 0 Å². The van der Waals surface area contributed by atoms with E-state index in [-0.39, 0.29) is 0 Å². The number of pyridine rings is 1. The minimum Gasteiger partial charge on any atom is -0.274 e. The molecule has 2 heterocycles. The second-order valence-corrected chi connectivity index (χ2v) is 8.43. The van der Waals surface area contributed by atoms with Crippen LogP contribution in [0.2, 0.25) is 0 Å². The predicted molar refractivity (Wildman–Crippen MR) is 132 cm³/mol. The van der Waals surface area contributed by atoms with Gasteiger partial charge in [-0.1, -0.05) is 84.9 Å². The number of para-hydroxylation sites is 1. The first kappa shape index (κ1) is 17.6. The fourth-order valence-corrected chi connectivity index (χ4v) is 4.94. The minimum absolute atomic E-state index is 0.863. The second-order valence-electron chi connectivity index (χ2n) is 7.27. The van der Waals surface area contributed by atoms with Gasteiger partial charge in [-0.3, -0.25) is 4.40 Å². The van der Waals surface area contributed by atoms with Crippen molar-refractivity contribution in [3.8, 4) is 22.5 Å². The molecule has 0 radical (unpaired) electrons. The van der Waals surface area contributed by atoms with Crippen LogP contribution in [0, 0.1) is 3.57 Å². The van der Waals surface area contributed by atoms with Crippen molar-refractivity contribution in [2.24, 2.45) is 0 Å². The Morgan fingerprint density at radius 3 is 1.93 bits per heavy atom. The van der Waals surface area contributed by atoms with Gasteiger partial charge in [0.05, 0.1) is 5.52 Å². The normalized spacial score (nSPS) is 11.5. The first-order valence-electron chi connectivity index (χ1n) is 9.82. The summed E-state index contributed by atoms with van der Waals surface area (Å²) in [6, 6.07) is 33.8. The van der Waals surface area contributed by atoms with E-state index in [2.05, 4.69) is 129 Å². The van der Waals surface area contributed by atoms with Crippen LogP contribution in [0.4, 0.5) is 0 Å². The molecule has 0 unspecified atom stereocenters. The summed E-state index contributed by atoms with van der Waals surface area (Å²) in [5.74, 6) is 0.863. The molecule has 4 aromatic carbocycles. The molecule has 0 atom stereocenters. The highest BCUT2D eigenvalue weighted by Crippen LogP contribution is 2.36. The van der Waals surface area contributed by atoms with Gasteiger partial charge in [-0.15, -0.1) is 10.2 Å². The molecule has 30 heavy (non-hydrogen) atoms. The number of halogens is 1. The standard InChI is InChI=1S/C26H16IN3/c27-23-15-7-5-11-19(23)17-9-1-3-13-21(17)25-28-29-26-22-14-4-2-10-18(22)20-12-6-8-16-24(20)30(25)26/h1-16H. The summed E-state index contributed by atoms with van der Waals surface area (Å²) >= 11 is 2.40. The molecule has 0 bridgehead atoms. The fraction of sp³-hybridized carbons (Fsp3) is 0. The number of rotatable bonds is 2. The summed E-state index contributed by atoms with van der Waals surface area (Å²) in [4.78, 5) is 0. The number of benzene rings is 4. The summed E-state index contributed by atoms with van der Waals surface area (Å²) in [5, 5.41) is 12.8. The molecule has 0 N–H and O–H groups in total. The largest absolute Gasteiger partial charge is 0.274 e. The number of hydrogen-bond acceptors (Lipinski definition) is 2. The molecular weight excluding hydrogens is 481 g/mol. The lowest BCUT2D eigenvalue weighted by Gasteiger charge is -2.12. The maximum atomic E-state index is 4.69. The zero-order valence-corrected chi connectivity index (χ0v) is 18.1. The van der Waals surface area contributed by atoms with Crippen molar-refractivity contribution in [3.05, 3.63) is 101 Å². The van der Waals surface area contributed by atoms with Crippen LogP contribution in [-0.2, 0) is 0 Å². The van der Waals surface area contributed by atoms with Gasteiger partial charge in [-0.25, -0.2) is 0 Å². The molecular formula is C26H16IN3. The summed E-state index contributed by atoms with van der Waals surface area (Å²) < 4.78 is 3.42. The van der Waals surface area contributed by atoms with Gasteiger partial charge >= 0.3 is 0 Å². The highest BCUT2D eigenvalue weighted by atomic mass is 127. The molecule has 4 heteroatoms. The molecule has 142 valence electrons. The Kier molecular flexibility index (Phi) is 4.06. The molecule has 3 nitrogen and oxygen atoms in total. The zero-order valence-electron chi connectivity index (χ0n) is 16.0. The van der Waals surface area contributed by atoms with Crippen LogP contribution in [0.3, 0.4) is 0 Å². The third-order valence-corrected chi connectivity index (χ3v) is 6.54. The molecule has 2 aromatic heterocycles. The molecule has 6 rings (SSSR count). The Morgan fingerprint density at radius 2 is 1.13 bits per heavy atom.